The van der Waals surface area contributed by atoms with Crippen LogP contribution in [0.25, 0.3) is 0 Å². The van der Waals surface area contributed by atoms with Crippen LogP contribution in [0.15, 0.2) is 42.5 Å². The van der Waals surface area contributed by atoms with Crippen LogP contribution in [0.5, 0.6) is 11.5 Å². The first-order chi connectivity index (χ1) is 14.0. The summed E-state index contributed by atoms with van der Waals surface area (Å²) < 4.78 is 11.5. The van der Waals surface area contributed by atoms with Gasteiger partial charge in [-0.2, -0.15) is 0 Å². The molecule has 1 amide bonds. The van der Waals surface area contributed by atoms with Gasteiger partial charge in [0, 0.05) is 31.9 Å². The van der Waals surface area contributed by atoms with Gasteiger partial charge in [-0.25, -0.2) is 0 Å². The van der Waals surface area contributed by atoms with Gasteiger partial charge in [0.1, 0.15) is 6.61 Å². The number of para-hydroxylation sites is 2. The second-order valence-corrected chi connectivity index (χ2v) is 7.74. The number of piperazine rings is 1. The van der Waals surface area contributed by atoms with Crippen molar-refractivity contribution >= 4 is 28.9 Å². The molecular weight excluding hydrogens is 386 g/mol. The molecule has 0 aliphatic carbocycles. The molecule has 2 aliphatic rings. The second kappa shape index (κ2) is 8.29. The van der Waals surface area contributed by atoms with Gasteiger partial charge in [0.2, 0.25) is 6.10 Å². The molecule has 0 spiro atoms. The first-order valence-corrected chi connectivity index (χ1v) is 10.2. The molecule has 2 aromatic carbocycles. The third kappa shape index (κ3) is 4.15. The van der Waals surface area contributed by atoms with Crippen molar-refractivity contribution in [1.29, 1.82) is 0 Å². The molecule has 6 nitrogen and oxygen atoms in total. The van der Waals surface area contributed by atoms with Gasteiger partial charge in [0.05, 0.1) is 0 Å². The first kappa shape index (κ1) is 19.5. The molecule has 2 aromatic rings. The number of anilines is 1. The highest BCUT2D eigenvalue weighted by Crippen LogP contribution is 2.31. The van der Waals surface area contributed by atoms with Crippen molar-refractivity contribution < 1.29 is 14.3 Å². The molecule has 4 rings (SSSR count). The highest BCUT2D eigenvalue weighted by molar-refractivity contribution is 7.80. The quantitative estimate of drug-likeness (QED) is 0.767. The number of fused-ring (bicyclic) bond motifs is 1. The first-order valence-electron chi connectivity index (χ1n) is 9.82. The van der Waals surface area contributed by atoms with Crippen molar-refractivity contribution in [1.82, 2.24) is 9.80 Å². The van der Waals surface area contributed by atoms with Gasteiger partial charge in [-0.3, -0.25) is 4.79 Å². The number of amides is 1. The van der Waals surface area contributed by atoms with Crippen LogP contribution < -0.4 is 14.8 Å². The van der Waals surface area contributed by atoms with E-state index in [1.54, 1.807) is 0 Å². The SMILES string of the molecule is Cc1cccc(NC(=S)N2CCN(C(=O)C3COc4ccccc4O3)CC2)c1C. The minimum absolute atomic E-state index is 0.0347. The molecule has 1 saturated heterocycles. The summed E-state index contributed by atoms with van der Waals surface area (Å²) in [5, 5.41) is 4.04. The van der Waals surface area contributed by atoms with E-state index in [1.807, 2.05) is 41.3 Å². The number of rotatable bonds is 2. The number of carbonyl (C=O) groups excluding carboxylic acids is 1. The van der Waals surface area contributed by atoms with E-state index in [4.69, 9.17) is 21.7 Å². The number of carbonyl (C=O) groups is 1. The molecule has 0 saturated carbocycles. The lowest BCUT2D eigenvalue weighted by Gasteiger charge is -2.38. The van der Waals surface area contributed by atoms with Gasteiger partial charge >= 0.3 is 0 Å². The number of hydrogen-bond donors (Lipinski definition) is 1. The molecule has 7 heteroatoms. The molecule has 1 atom stereocenters. The van der Waals surface area contributed by atoms with Crippen molar-refractivity contribution in [2.24, 2.45) is 0 Å². The molecule has 0 bridgehead atoms. The van der Waals surface area contributed by atoms with Crippen molar-refractivity contribution in [2.75, 3.05) is 38.1 Å². The number of hydrogen-bond acceptors (Lipinski definition) is 4. The number of thiocarbonyl (C=S) groups is 1. The molecule has 1 N–H and O–H groups in total. The normalized spacial score (nSPS) is 18.3. The molecule has 0 radical (unpaired) electrons. The maximum atomic E-state index is 12.9. The monoisotopic (exact) mass is 411 g/mol. The highest BCUT2D eigenvalue weighted by Gasteiger charge is 2.33. The van der Waals surface area contributed by atoms with Gasteiger partial charge in [-0.15, -0.1) is 0 Å². The summed E-state index contributed by atoms with van der Waals surface area (Å²) in [4.78, 5) is 16.8. The Morgan fingerprint density at radius 1 is 1.00 bits per heavy atom. The average Bonchev–Trinajstić information content (AvgIpc) is 2.76. The Kier molecular flexibility index (Phi) is 5.58. The van der Waals surface area contributed by atoms with Gasteiger partial charge in [-0.05, 0) is 55.4 Å². The Morgan fingerprint density at radius 2 is 1.69 bits per heavy atom. The lowest BCUT2D eigenvalue weighted by Crippen LogP contribution is -2.55. The molecule has 29 heavy (non-hydrogen) atoms. The number of nitrogens with zero attached hydrogens (tertiary/aromatic N) is 2. The number of aryl methyl sites for hydroxylation is 1. The largest absolute Gasteiger partial charge is 0.485 e. The van der Waals surface area contributed by atoms with Crippen molar-refractivity contribution in [3.63, 3.8) is 0 Å². The van der Waals surface area contributed by atoms with Crippen LogP contribution in [0, 0.1) is 13.8 Å². The molecule has 2 heterocycles. The van der Waals surface area contributed by atoms with Crippen LogP contribution in [0.3, 0.4) is 0 Å². The average molecular weight is 412 g/mol. The Bertz CT molecular complexity index is 925. The van der Waals surface area contributed by atoms with Crippen molar-refractivity contribution in [3.05, 3.63) is 53.6 Å². The van der Waals surface area contributed by atoms with Crippen molar-refractivity contribution in [2.45, 2.75) is 20.0 Å². The number of benzene rings is 2. The summed E-state index contributed by atoms with van der Waals surface area (Å²) in [6, 6.07) is 13.6. The maximum Gasteiger partial charge on any atom is 0.267 e. The van der Waals surface area contributed by atoms with E-state index in [2.05, 4.69) is 30.1 Å². The zero-order valence-electron chi connectivity index (χ0n) is 16.7. The predicted molar refractivity (Wildman–Crippen MR) is 117 cm³/mol. The zero-order valence-corrected chi connectivity index (χ0v) is 17.5. The third-order valence-corrected chi connectivity index (χ3v) is 5.87. The van der Waals surface area contributed by atoms with E-state index in [0.29, 0.717) is 42.8 Å². The molecule has 152 valence electrons. The van der Waals surface area contributed by atoms with Crippen molar-refractivity contribution in [3.8, 4) is 11.5 Å². The van der Waals surface area contributed by atoms with E-state index in [9.17, 15) is 4.79 Å². The summed E-state index contributed by atoms with van der Waals surface area (Å²) >= 11 is 5.60. The van der Waals surface area contributed by atoms with Crippen LogP contribution in [-0.2, 0) is 4.79 Å². The Balaban J connectivity index is 1.32. The van der Waals surface area contributed by atoms with Crippen LogP contribution in [-0.4, -0.2) is 59.7 Å². The number of nitrogens with one attached hydrogen (secondary N) is 1. The minimum atomic E-state index is -0.600. The van der Waals surface area contributed by atoms with Gasteiger partial charge in [0.25, 0.3) is 5.91 Å². The smallest absolute Gasteiger partial charge is 0.267 e. The molecule has 0 aromatic heterocycles. The van der Waals surface area contributed by atoms with Gasteiger partial charge in [-0.1, -0.05) is 24.3 Å². The Labute approximate surface area is 176 Å². The summed E-state index contributed by atoms with van der Waals surface area (Å²) in [5.41, 5.74) is 3.45. The van der Waals surface area contributed by atoms with Gasteiger partial charge in [0.15, 0.2) is 16.6 Å². The van der Waals surface area contributed by atoms with E-state index >= 15 is 0 Å². The highest BCUT2D eigenvalue weighted by atomic mass is 32.1. The fourth-order valence-corrected chi connectivity index (χ4v) is 3.85. The maximum absolute atomic E-state index is 12.9. The molecule has 2 aliphatic heterocycles. The zero-order chi connectivity index (χ0) is 20.4. The van der Waals surface area contributed by atoms with Crippen LogP contribution >= 0.6 is 12.2 Å². The predicted octanol–water partition coefficient (Wildman–Crippen LogP) is 2.98. The second-order valence-electron chi connectivity index (χ2n) is 7.35. The summed E-state index contributed by atoms with van der Waals surface area (Å²) in [6.07, 6.45) is -0.600. The topological polar surface area (TPSA) is 54.0 Å². The lowest BCUT2D eigenvalue weighted by atomic mass is 10.1. The Hall–Kier alpha value is -2.80. The lowest BCUT2D eigenvalue weighted by molar-refractivity contribution is -0.142. The number of ether oxygens (including phenoxy) is 2. The summed E-state index contributed by atoms with van der Waals surface area (Å²) in [6.45, 7) is 7.00. The van der Waals surface area contributed by atoms with Crippen LogP contribution in [0.1, 0.15) is 11.1 Å². The standard InChI is InChI=1S/C22H25N3O3S/c1-15-6-5-7-17(16(15)2)23-22(29)25-12-10-24(11-13-25)21(26)20-14-27-18-8-3-4-9-19(18)28-20/h3-9,20H,10-14H2,1-2H3,(H,23,29). The third-order valence-electron chi connectivity index (χ3n) is 5.51. The van der Waals surface area contributed by atoms with E-state index in [0.717, 1.165) is 5.69 Å². The van der Waals surface area contributed by atoms with Gasteiger partial charge < -0.3 is 24.6 Å². The molecular formula is C22H25N3O3S. The fourth-order valence-electron chi connectivity index (χ4n) is 3.56. The minimum Gasteiger partial charge on any atom is -0.485 e. The van der Waals surface area contributed by atoms with E-state index in [-0.39, 0.29) is 12.5 Å². The van der Waals surface area contributed by atoms with E-state index in [1.165, 1.54) is 11.1 Å². The van der Waals surface area contributed by atoms with Crippen LogP contribution in [0.2, 0.25) is 0 Å². The fraction of sp³-hybridized carbons (Fsp3) is 0.364. The molecule has 1 fully saturated rings. The summed E-state index contributed by atoms with van der Waals surface area (Å²) in [7, 11) is 0. The molecule has 1 unspecified atom stereocenters. The van der Waals surface area contributed by atoms with E-state index < -0.39 is 6.10 Å². The Morgan fingerprint density at radius 3 is 2.45 bits per heavy atom. The summed E-state index contributed by atoms with van der Waals surface area (Å²) in [5.74, 6) is 1.27. The van der Waals surface area contributed by atoms with Crippen LogP contribution in [0.4, 0.5) is 5.69 Å².